The van der Waals surface area contributed by atoms with E-state index in [1.165, 1.54) is 24.3 Å². The van der Waals surface area contributed by atoms with E-state index in [0.717, 1.165) is 0 Å². The van der Waals surface area contributed by atoms with E-state index < -0.39 is 11.8 Å². The third-order valence-corrected chi connectivity index (χ3v) is 4.75. The second kappa shape index (κ2) is 8.41. The van der Waals surface area contributed by atoms with Crippen molar-refractivity contribution in [3.05, 3.63) is 89.5 Å². The number of halogens is 2. The predicted molar refractivity (Wildman–Crippen MR) is 110 cm³/mol. The van der Waals surface area contributed by atoms with Crippen molar-refractivity contribution >= 4 is 46.4 Å². The Kier molecular flexibility index (Phi) is 6.13. The number of aromatic nitrogens is 1. The van der Waals surface area contributed by atoms with E-state index in [9.17, 15) is 18.7 Å². The zero-order chi connectivity index (χ0) is 19.8. The van der Waals surface area contributed by atoms with Crippen LogP contribution in [-0.2, 0) is 0 Å². The van der Waals surface area contributed by atoms with Gasteiger partial charge in [0.05, 0.1) is 16.8 Å². The molecule has 1 heterocycles. The summed E-state index contributed by atoms with van der Waals surface area (Å²) < 4.78 is 27.6. The van der Waals surface area contributed by atoms with E-state index >= 15 is 0 Å². The standard InChI is InChI=1S/C23H15F2NO2.Na/c1-13-21(23(27)28)18-12-16(24)10-11-20(18)26-22(13)15-8-6-14(7-9-15)17-4-2-3-5-19(17)25;/h2-12H,1H3,(H,27,28);. The first-order chi connectivity index (χ1) is 13.5. The number of carboxylic acids is 1. The summed E-state index contributed by atoms with van der Waals surface area (Å²) in [4.78, 5) is 16.4. The predicted octanol–water partition coefficient (Wildman–Crippen LogP) is 5.47. The molecule has 6 heteroatoms. The van der Waals surface area contributed by atoms with Crippen molar-refractivity contribution in [1.82, 2.24) is 4.98 Å². The fraction of sp³-hybridized carbons (Fsp3) is 0.0435. The summed E-state index contributed by atoms with van der Waals surface area (Å²) in [5.74, 6) is -1.97. The normalized spacial score (nSPS) is 10.6. The molecule has 0 unspecified atom stereocenters. The molecular formula is C23H15F2NNaO2. The van der Waals surface area contributed by atoms with Crippen LogP contribution >= 0.6 is 0 Å². The zero-order valence-electron chi connectivity index (χ0n) is 15.9. The Hall–Kier alpha value is -2.60. The van der Waals surface area contributed by atoms with Crippen molar-refractivity contribution in [3.63, 3.8) is 0 Å². The first-order valence-electron chi connectivity index (χ1n) is 8.64. The fourth-order valence-corrected chi connectivity index (χ4v) is 3.39. The van der Waals surface area contributed by atoms with E-state index in [0.29, 0.717) is 33.5 Å². The second-order valence-electron chi connectivity index (χ2n) is 6.48. The van der Waals surface area contributed by atoms with Crippen LogP contribution < -0.4 is 0 Å². The number of hydrogen-bond acceptors (Lipinski definition) is 2. The number of rotatable bonds is 3. The minimum absolute atomic E-state index is 0. The molecule has 4 aromatic rings. The Morgan fingerprint density at radius 3 is 2.24 bits per heavy atom. The molecule has 1 radical (unpaired) electrons. The molecule has 0 atom stereocenters. The molecule has 0 aliphatic carbocycles. The maximum absolute atomic E-state index is 14.0. The summed E-state index contributed by atoms with van der Waals surface area (Å²) in [6.45, 7) is 1.65. The molecule has 3 nitrogen and oxygen atoms in total. The molecule has 0 saturated carbocycles. The van der Waals surface area contributed by atoms with Crippen LogP contribution in [0.1, 0.15) is 15.9 Å². The second-order valence-corrected chi connectivity index (χ2v) is 6.48. The molecule has 4 rings (SSSR count). The maximum Gasteiger partial charge on any atom is 0.336 e. The van der Waals surface area contributed by atoms with Crippen LogP contribution in [0.2, 0.25) is 0 Å². The Labute approximate surface area is 188 Å². The topological polar surface area (TPSA) is 50.2 Å². The van der Waals surface area contributed by atoms with Crippen LogP contribution in [-0.4, -0.2) is 45.6 Å². The van der Waals surface area contributed by atoms with E-state index in [1.54, 1.807) is 49.4 Å². The van der Waals surface area contributed by atoms with Gasteiger partial charge in [0.15, 0.2) is 0 Å². The van der Waals surface area contributed by atoms with Crippen LogP contribution in [0.25, 0.3) is 33.3 Å². The van der Waals surface area contributed by atoms with E-state index in [-0.39, 0.29) is 46.3 Å². The average Bonchev–Trinajstić information content (AvgIpc) is 2.68. The number of nitrogens with zero attached hydrogens (tertiary/aromatic N) is 1. The van der Waals surface area contributed by atoms with Crippen molar-refractivity contribution in [1.29, 1.82) is 0 Å². The number of carboxylic acid groups (broad SMARTS) is 1. The summed E-state index contributed by atoms with van der Waals surface area (Å²) in [5, 5.41) is 9.92. The van der Waals surface area contributed by atoms with Gasteiger partial charge >= 0.3 is 5.97 Å². The summed E-state index contributed by atoms with van der Waals surface area (Å²) in [6.07, 6.45) is 0. The number of pyridine rings is 1. The molecule has 139 valence electrons. The molecule has 0 aliphatic rings. The van der Waals surface area contributed by atoms with Crippen LogP contribution in [0.15, 0.2) is 66.7 Å². The van der Waals surface area contributed by atoms with Gasteiger partial charge in [0.1, 0.15) is 11.6 Å². The van der Waals surface area contributed by atoms with Crippen molar-refractivity contribution in [2.24, 2.45) is 0 Å². The number of aromatic carboxylic acids is 1. The molecule has 0 fully saturated rings. The van der Waals surface area contributed by atoms with Gasteiger partial charge in [-0.2, -0.15) is 0 Å². The monoisotopic (exact) mass is 398 g/mol. The maximum atomic E-state index is 14.0. The Morgan fingerprint density at radius 2 is 1.59 bits per heavy atom. The Bertz CT molecular complexity index is 1220. The summed E-state index contributed by atoms with van der Waals surface area (Å²) in [7, 11) is 0. The van der Waals surface area contributed by atoms with Crippen molar-refractivity contribution < 1.29 is 18.7 Å². The Balaban J connectivity index is 0.00000240. The van der Waals surface area contributed by atoms with E-state index in [1.807, 2.05) is 0 Å². The van der Waals surface area contributed by atoms with Crippen LogP contribution in [0.4, 0.5) is 8.78 Å². The van der Waals surface area contributed by atoms with Gasteiger partial charge in [-0.3, -0.25) is 0 Å². The summed E-state index contributed by atoms with van der Waals surface area (Å²) >= 11 is 0. The van der Waals surface area contributed by atoms with Gasteiger partial charge in [-0.05, 0) is 42.3 Å². The molecule has 29 heavy (non-hydrogen) atoms. The molecule has 0 spiro atoms. The van der Waals surface area contributed by atoms with Gasteiger partial charge in [0.2, 0.25) is 0 Å². The van der Waals surface area contributed by atoms with Crippen molar-refractivity contribution in [2.75, 3.05) is 0 Å². The third-order valence-electron chi connectivity index (χ3n) is 4.75. The zero-order valence-corrected chi connectivity index (χ0v) is 17.9. The van der Waals surface area contributed by atoms with Gasteiger partial charge in [-0.15, -0.1) is 0 Å². The van der Waals surface area contributed by atoms with Crippen molar-refractivity contribution in [3.8, 4) is 22.4 Å². The minimum Gasteiger partial charge on any atom is -0.478 e. The van der Waals surface area contributed by atoms with Crippen LogP contribution in [0.3, 0.4) is 0 Å². The fourth-order valence-electron chi connectivity index (χ4n) is 3.39. The molecule has 0 aliphatic heterocycles. The quantitative estimate of drug-likeness (QED) is 0.466. The number of hydrogen-bond donors (Lipinski definition) is 1. The van der Waals surface area contributed by atoms with Gasteiger partial charge in [0, 0.05) is 46.1 Å². The molecule has 3 aromatic carbocycles. The summed E-state index contributed by atoms with van der Waals surface area (Å²) in [6, 6.07) is 17.5. The first kappa shape index (κ1) is 21.1. The SMILES string of the molecule is Cc1c(-c2ccc(-c3ccccc3F)cc2)nc2ccc(F)cc2c1C(=O)O.[Na]. The van der Waals surface area contributed by atoms with Gasteiger partial charge in [0.25, 0.3) is 0 Å². The molecule has 1 aromatic heterocycles. The Morgan fingerprint density at radius 1 is 0.931 bits per heavy atom. The third kappa shape index (κ3) is 3.94. The molecular weight excluding hydrogens is 383 g/mol. The largest absolute Gasteiger partial charge is 0.478 e. The molecule has 0 bridgehead atoms. The van der Waals surface area contributed by atoms with Gasteiger partial charge < -0.3 is 5.11 Å². The van der Waals surface area contributed by atoms with Crippen molar-refractivity contribution in [2.45, 2.75) is 6.92 Å². The molecule has 0 amide bonds. The van der Waals surface area contributed by atoms with E-state index in [4.69, 9.17) is 0 Å². The molecule has 0 saturated heterocycles. The number of benzene rings is 3. The smallest absolute Gasteiger partial charge is 0.336 e. The summed E-state index contributed by atoms with van der Waals surface area (Å²) in [5.41, 5.74) is 3.27. The molecule has 1 N–H and O–H groups in total. The van der Waals surface area contributed by atoms with Crippen LogP contribution in [0, 0.1) is 18.6 Å². The van der Waals surface area contributed by atoms with Crippen LogP contribution in [0.5, 0.6) is 0 Å². The average molecular weight is 398 g/mol. The number of fused-ring (bicyclic) bond motifs is 1. The van der Waals surface area contributed by atoms with Gasteiger partial charge in [-0.1, -0.05) is 42.5 Å². The minimum atomic E-state index is -1.14. The number of carbonyl (C=O) groups is 1. The van der Waals surface area contributed by atoms with Gasteiger partial charge in [-0.25, -0.2) is 18.6 Å². The van der Waals surface area contributed by atoms with E-state index in [2.05, 4.69) is 4.98 Å². The first-order valence-corrected chi connectivity index (χ1v) is 8.64.